The third-order valence-corrected chi connectivity index (χ3v) is 5.69. The van der Waals surface area contributed by atoms with Crippen molar-refractivity contribution in [1.29, 1.82) is 0 Å². The molecule has 0 aliphatic heterocycles. The Kier molecular flexibility index (Phi) is 7.77. The molecule has 0 atom stereocenters. The van der Waals surface area contributed by atoms with E-state index >= 15 is 0 Å². The van der Waals surface area contributed by atoms with Gasteiger partial charge in [-0.25, -0.2) is 4.68 Å². The number of fused-ring (bicyclic) bond motifs is 1. The molecule has 1 aromatic heterocycles. The van der Waals surface area contributed by atoms with Gasteiger partial charge >= 0.3 is 11.8 Å². The van der Waals surface area contributed by atoms with Gasteiger partial charge in [0.15, 0.2) is 0 Å². The number of halogens is 2. The Balaban J connectivity index is 1.53. The van der Waals surface area contributed by atoms with E-state index in [9.17, 15) is 14.4 Å². The summed E-state index contributed by atoms with van der Waals surface area (Å²) in [5, 5.41) is 6.98. The molecule has 4 rings (SSSR count). The predicted octanol–water partition coefficient (Wildman–Crippen LogP) is 4.99. The lowest BCUT2D eigenvalue weighted by molar-refractivity contribution is -0.136. The van der Waals surface area contributed by atoms with Crippen LogP contribution in [-0.4, -0.2) is 29.0 Å². The molecule has 0 saturated carbocycles. The van der Waals surface area contributed by atoms with E-state index in [1.807, 2.05) is 6.92 Å². The number of nitrogens with one attached hydrogen (secondary N) is 3. The van der Waals surface area contributed by atoms with Gasteiger partial charge in [-0.1, -0.05) is 35.3 Å². The van der Waals surface area contributed by atoms with Gasteiger partial charge in [-0.05, 0) is 73.2 Å². The number of hydrogen-bond donors (Lipinski definition) is 3. The maximum Gasteiger partial charge on any atom is 0.328 e. The van der Waals surface area contributed by atoms with Crippen molar-refractivity contribution < 1.29 is 19.1 Å². The molecule has 36 heavy (non-hydrogen) atoms. The van der Waals surface area contributed by atoms with Crippen LogP contribution in [-0.2, 0) is 16.1 Å². The molecule has 0 aliphatic rings. The molecular formula is C26H22Cl2N4O4. The third-order valence-electron chi connectivity index (χ3n) is 5.21. The van der Waals surface area contributed by atoms with Crippen molar-refractivity contribution >= 4 is 57.5 Å². The first-order chi connectivity index (χ1) is 17.3. The van der Waals surface area contributed by atoms with Crippen LogP contribution in [0.4, 0.5) is 5.69 Å². The molecule has 8 nitrogen and oxygen atoms in total. The molecule has 0 aliphatic carbocycles. The number of hydrogen-bond acceptors (Lipinski definition) is 4. The summed E-state index contributed by atoms with van der Waals surface area (Å²) in [7, 11) is 0. The maximum atomic E-state index is 13.1. The first kappa shape index (κ1) is 25.1. The van der Waals surface area contributed by atoms with Crippen molar-refractivity contribution in [2.75, 3.05) is 17.3 Å². The minimum absolute atomic E-state index is 0.111. The second-order valence-electron chi connectivity index (χ2n) is 7.73. The van der Waals surface area contributed by atoms with Gasteiger partial charge in [0.25, 0.3) is 5.91 Å². The van der Waals surface area contributed by atoms with Crippen LogP contribution in [0.3, 0.4) is 0 Å². The summed E-state index contributed by atoms with van der Waals surface area (Å²) in [5.41, 5.74) is 4.43. The molecule has 3 aromatic carbocycles. The molecular weight excluding hydrogens is 503 g/mol. The number of anilines is 1. The molecule has 4 aromatic rings. The number of rotatable bonds is 7. The largest absolute Gasteiger partial charge is 0.494 e. The molecule has 3 N–H and O–H groups in total. The zero-order valence-corrected chi connectivity index (χ0v) is 20.7. The van der Waals surface area contributed by atoms with Gasteiger partial charge in [-0.2, -0.15) is 0 Å². The first-order valence-electron chi connectivity index (χ1n) is 11.0. The number of ether oxygens (including phenoxy) is 1. The second-order valence-corrected chi connectivity index (χ2v) is 8.60. The minimum atomic E-state index is -0.938. The Morgan fingerprint density at radius 1 is 0.861 bits per heavy atom. The zero-order valence-electron chi connectivity index (χ0n) is 19.2. The Hall–Kier alpha value is -4.01. The first-order valence-corrected chi connectivity index (χ1v) is 11.8. The fourth-order valence-electron chi connectivity index (χ4n) is 3.49. The van der Waals surface area contributed by atoms with Crippen LogP contribution in [0.1, 0.15) is 23.0 Å². The molecule has 10 heteroatoms. The van der Waals surface area contributed by atoms with Crippen LogP contribution in [0.25, 0.3) is 10.9 Å². The molecule has 0 bridgehead atoms. The highest BCUT2D eigenvalue weighted by Crippen LogP contribution is 2.24. The third kappa shape index (κ3) is 5.97. The van der Waals surface area contributed by atoms with Crippen LogP contribution in [0.5, 0.6) is 5.75 Å². The van der Waals surface area contributed by atoms with E-state index in [-0.39, 0.29) is 12.2 Å². The number of carbonyl (C=O) groups is 3. The topological polar surface area (TPSA) is 101 Å². The van der Waals surface area contributed by atoms with Crippen LogP contribution in [0.15, 0.2) is 72.8 Å². The van der Waals surface area contributed by atoms with Gasteiger partial charge in [-0.3, -0.25) is 19.8 Å². The summed E-state index contributed by atoms with van der Waals surface area (Å²) in [6.45, 7) is 2.55. The summed E-state index contributed by atoms with van der Waals surface area (Å²) in [5.74, 6) is -1.62. The van der Waals surface area contributed by atoms with E-state index in [1.165, 1.54) is 4.68 Å². The molecule has 0 fully saturated rings. The average molecular weight is 525 g/mol. The van der Waals surface area contributed by atoms with E-state index in [0.717, 1.165) is 5.56 Å². The Morgan fingerprint density at radius 2 is 1.56 bits per heavy atom. The second kappa shape index (κ2) is 11.2. The molecule has 0 spiro atoms. The highest BCUT2D eigenvalue weighted by Gasteiger charge is 2.21. The number of benzene rings is 3. The van der Waals surface area contributed by atoms with Gasteiger partial charge in [0.1, 0.15) is 11.4 Å². The minimum Gasteiger partial charge on any atom is -0.494 e. The number of nitrogens with zero attached hydrogens (tertiary/aromatic N) is 1. The Morgan fingerprint density at radius 3 is 2.25 bits per heavy atom. The molecule has 1 heterocycles. The molecule has 0 radical (unpaired) electrons. The Labute approximate surface area is 217 Å². The predicted molar refractivity (Wildman–Crippen MR) is 140 cm³/mol. The van der Waals surface area contributed by atoms with Crippen LogP contribution in [0.2, 0.25) is 10.0 Å². The van der Waals surface area contributed by atoms with Crippen molar-refractivity contribution in [3.63, 3.8) is 0 Å². The fourth-order valence-corrected chi connectivity index (χ4v) is 3.79. The molecule has 0 unspecified atom stereocenters. The van der Waals surface area contributed by atoms with Gasteiger partial charge in [0.2, 0.25) is 0 Å². The quantitative estimate of drug-likeness (QED) is 0.296. The van der Waals surface area contributed by atoms with E-state index in [1.54, 1.807) is 72.8 Å². The number of amides is 3. The van der Waals surface area contributed by atoms with Crippen molar-refractivity contribution in [1.82, 2.24) is 9.99 Å². The molecule has 184 valence electrons. The van der Waals surface area contributed by atoms with E-state index in [0.29, 0.717) is 39.0 Å². The zero-order chi connectivity index (χ0) is 25.7. The summed E-state index contributed by atoms with van der Waals surface area (Å²) in [4.78, 5) is 38.3. The number of aromatic nitrogens is 1. The van der Waals surface area contributed by atoms with Crippen molar-refractivity contribution in [2.45, 2.75) is 13.5 Å². The lowest BCUT2D eigenvalue weighted by Crippen LogP contribution is -2.39. The maximum absolute atomic E-state index is 13.1. The Bertz CT molecular complexity index is 1420. The van der Waals surface area contributed by atoms with Crippen LogP contribution in [0, 0.1) is 0 Å². The highest BCUT2D eigenvalue weighted by molar-refractivity contribution is 6.38. The fraction of sp³-hybridized carbons (Fsp3) is 0.115. The van der Waals surface area contributed by atoms with Gasteiger partial charge < -0.3 is 15.4 Å². The molecule has 0 saturated heterocycles. The normalized spacial score (nSPS) is 10.6. The van der Waals surface area contributed by atoms with Crippen molar-refractivity contribution in [2.24, 2.45) is 0 Å². The lowest BCUT2D eigenvalue weighted by Gasteiger charge is -2.13. The van der Waals surface area contributed by atoms with Crippen molar-refractivity contribution in [3.05, 3.63) is 94.1 Å². The van der Waals surface area contributed by atoms with Crippen molar-refractivity contribution in [3.8, 4) is 5.75 Å². The van der Waals surface area contributed by atoms with Gasteiger partial charge in [0.05, 0.1) is 12.1 Å². The highest BCUT2D eigenvalue weighted by atomic mass is 35.5. The van der Waals surface area contributed by atoms with Gasteiger partial charge in [-0.15, -0.1) is 0 Å². The van der Waals surface area contributed by atoms with Crippen LogP contribution >= 0.6 is 23.2 Å². The number of carbonyl (C=O) groups excluding carboxylic acids is 3. The average Bonchev–Trinajstić information content (AvgIpc) is 3.22. The molecule has 3 amide bonds. The van der Waals surface area contributed by atoms with Crippen LogP contribution < -0.4 is 20.8 Å². The monoisotopic (exact) mass is 524 g/mol. The summed E-state index contributed by atoms with van der Waals surface area (Å²) in [6.07, 6.45) is 0. The standard InChI is InChI=1S/C26H22Cl2N4O4/c1-2-36-21-10-8-20(9-11-21)30-24(33)23-14-17-13-19(28)7-12-22(17)32(23)31-26(35)25(34)29-15-16-3-5-18(27)6-4-16/h3-14H,2,15H2,1H3,(H,29,34)(H,30,33)(H,31,35). The van der Waals surface area contributed by atoms with E-state index in [2.05, 4.69) is 16.1 Å². The summed E-state index contributed by atoms with van der Waals surface area (Å²) >= 11 is 12.0. The summed E-state index contributed by atoms with van der Waals surface area (Å²) < 4.78 is 6.68. The van der Waals surface area contributed by atoms with E-state index < -0.39 is 17.7 Å². The van der Waals surface area contributed by atoms with Gasteiger partial charge in [0, 0.05) is 27.7 Å². The lowest BCUT2D eigenvalue weighted by atomic mass is 10.2. The summed E-state index contributed by atoms with van der Waals surface area (Å²) in [6, 6.07) is 20.3. The SMILES string of the molecule is CCOc1ccc(NC(=O)c2cc3cc(Cl)ccc3n2NC(=O)C(=O)NCc2ccc(Cl)cc2)cc1. The smallest absolute Gasteiger partial charge is 0.328 e. The van der Waals surface area contributed by atoms with E-state index in [4.69, 9.17) is 27.9 Å².